The molecule has 10 heteroatoms. The topological polar surface area (TPSA) is 72.7 Å². The molecule has 0 spiro atoms. The van der Waals surface area contributed by atoms with Crippen LogP contribution in [0.4, 0.5) is 24.5 Å². The third kappa shape index (κ3) is 3.97. The molecule has 0 amide bonds. The lowest BCUT2D eigenvalue weighted by molar-refractivity contribution is -0.384. The number of carbonyl (C=O) groups is 1. The lowest BCUT2D eigenvalue weighted by Crippen LogP contribution is -2.27. The Morgan fingerprint density at radius 1 is 1.48 bits per heavy atom. The Labute approximate surface area is 122 Å². The molecule has 1 aromatic carbocycles. The summed E-state index contributed by atoms with van der Waals surface area (Å²) in [5.74, 6) is -0.720. The van der Waals surface area contributed by atoms with Gasteiger partial charge in [-0.25, -0.2) is 0 Å². The number of ether oxygens (including phenoxy) is 1. The van der Waals surface area contributed by atoms with Gasteiger partial charge in [0.05, 0.1) is 22.6 Å². The van der Waals surface area contributed by atoms with Crippen molar-refractivity contribution in [2.24, 2.45) is 0 Å². The number of esters is 1. The number of nitro benzene ring substituents is 1. The molecule has 21 heavy (non-hydrogen) atoms. The smallest absolute Gasteiger partial charge is 0.416 e. The minimum atomic E-state index is -4.77. The Morgan fingerprint density at radius 3 is 2.48 bits per heavy atom. The SMILES string of the molecule is COC(=O)CN(C)c1c(Cl)cc(C(F)(F)F)cc1[N+](=O)[O-]. The fourth-order valence-corrected chi connectivity index (χ4v) is 1.96. The molecule has 0 atom stereocenters. The van der Waals surface area contributed by atoms with E-state index in [4.69, 9.17) is 11.6 Å². The average Bonchev–Trinajstić information content (AvgIpc) is 2.35. The van der Waals surface area contributed by atoms with Crippen LogP contribution in [0.2, 0.25) is 5.02 Å². The van der Waals surface area contributed by atoms with Gasteiger partial charge >= 0.3 is 12.1 Å². The molecule has 0 bridgehead atoms. The number of benzene rings is 1. The zero-order valence-electron chi connectivity index (χ0n) is 10.9. The molecule has 0 aliphatic carbocycles. The molecular weight excluding hydrogens is 317 g/mol. The number of methoxy groups -OCH3 is 1. The fraction of sp³-hybridized carbons (Fsp3) is 0.364. The van der Waals surface area contributed by atoms with E-state index in [1.807, 2.05) is 0 Å². The van der Waals surface area contributed by atoms with Gasteiger partial charge in [0.1, 0.15) is 12.2 Å². The summed E-state index contributed by atoms with van der Waals surface area (Å²) >= 11 is 5.71. The van der Waals surface area contributed by atoms with Gasteiger partial charge in [-0.05, 0) is 6.07 Å². The predicted molar refractivity (Wildman–Crippen MR) is 68.4 cm³/mol. The van der Waals surface area contributed by atoms with Crippen molar-refractivity contribution in [1.29, 1.82) is 0 Å². The highest BCUT2D eigenvalue weighted by Gasteiger charge is 2.35. The number of anilines is 1. The number of alkyl halides is 3. The first-order valence-electron chi connectivity index (χ1n) is 5.41. The molecule has 0 aliphatic rings. The van der Waals surface area contributed by atoms with Crippen molar-refractivity contribution in [3.8, 4) is 0 Å². The van der Waals surface area contributed by atoms with Crippen LogP contribution in [0.25, 0.3) is 0 Å². The molecule has 0 saturated carbocycles. The van der Waals surface area contributed by atoms with E-state index >= 15 is 0 Å². The highest BCUT2D eigenvalue weighted by Crippen LogP contribution is 2.41. The predicted octanol–water partition coefficient (Wildman–Crippen LogP) is 2.88. The first kappa shape index (κ1) is 17.0. The van der Waals surface area contributed by atoms with Crippen molar-refractivity contribution in [3.63, 3.8) is 0 Å². The maximum absolute atomic E-state index is 12.6. The van der Waals surface area contributed by atoms with Crippen LogP contribution in [0.5, 0.6) is 0 Å². The van der Waals surface area contributed by atoms with Crippen molar-refractivity contribution < 1.29 is 27.6 Å². The lowest BCUT2D eigenvalue weighted by atomic mass is 10.1. The molecule has 0 fully saturated rings. The van der Waals surface area contributed by atoms with Crippen molar-refractivity contribution in [2.75, 3.05) is 25.6 Å². The number of hydrogen-bond donors (Lipinski definition) is 0. The van der Waals surface area contributed by atoms with Crippen molar-refractivity contribution in [1.82, 2.24) is 0 Å². The summed E-state index contributed by atoms with van der Waals surface area (Å²) in [6.07, 6.45) is -4.77. The number of nitrogens with zero attached hydrogens (tertiary/aromatic N) is 2. The molecule has 0 saturated heterocycles. The summed E-state index contributed by atoms with van der Waals surface area (Å²) < 4.78 is 42.3. The van der Waals surface area contributed by atoms with Crippen LogP contribution >= 0.6 is 11.6 Å². The third-order valence-electron chi connectivity index (χ3n) is 2.54. The molecule has 1 aromatic rings. The van der Waals surface area contributed by atoms with Gasteiger partial charge in [0.15, 0.2) is 0 Å². The Kier molecular flexibility index (Phi) is 5.00. The van der Waals surface area contributed by atoms with Crippen LogP contribution in [0.15, 0.2) is 12.1 Å². The molecule has 1 rings (SSSR count). The van der Waals surface area contributed by atoms with Gasteiger partial charge in [0.2, 0.25) is 0 Å². The number of likely N-dealkylation sites (N-methyl/N-ethyl adjacent to an activating group) is 1. The number of rotatable bonds is 4. The number of halogens is 4. The monoisotopic (exact) mass is 326 g/mol. The summed E-state index contributed by atoms with van der Waals surface area (Å²) in [7, 11) is 2.39. The van der Waals surface area contributed by atoms with Gasteiger partial charge < -0.3 is 9.64 Å². The largest absolute Gasteiger partial charge is 0.468 e. The zero-order chi connectivity index (χ0) is 16.4. The lowest BCUT2D eigenvalue weighted by Gasteiger charge is -2.20. The molecule has 116 valence electrons. The molecule has 0 aromatic heterocycles. The van der Waals surface area contributed by atoms with Crippen LogP contribution < -0.4 is 4.90 Å². The normalized spacial score (nSPS) is 11.1. The highest BCUT2D eigenvalue weighted by molar-refractivity contribution is 6.34. The summed E-state index contributed by atoms with van der Waals surface area (Å²) in [5.41, 5.74) is -2.38. The molecule has 0 N–H and O–H groups in total. The Hall–Kier alpha value is -2.03. The van der Waals surface area contributed by atoms with E-state index in [0.29, 0.717) is 12.1 Å². The zero-order valence-corrected chi connectivity index (χ0v) is 11.7. The Morgan fingerprint density at radius 2 is 2.05 bits per heavy atom. The van der Waals surface area contributed by atoms with Crippen LogP contribution in [-0.4, -0.2) is 31.6 Å². The Bertz CT molecular complexity index is 577. The van der Waals surface area contributed by atoms with E-state index in [1.54, 1.807) is 0 Å². The first-order valence-corrected chi connectivity index (χ1v) is 5.78. The standard InChI is InChI=1S/C11H10ClF3N2O4/c1-16(5-9(18)21-2)10-7(12)3-6(11(13,14)15)4-8(10)17(19)20/h3-4H,5H2,1-2H3. The van der Waals surface area contributed by atoms with Crippen LogP contribution in [-0.2, 0) is 15.7 Å². The van der Waals surface area contributed by atoms with Crippen LogP contribution in [0.1, 0.15) is 5.56 Å². The maximum atomic E-state index is 12.6. The Balaban J connectivity index is 3.38. The van der Waals surface area contributed by atoms with Crippen molar-refractivity contribution in [2.45, 2.75) is 6.18 Å². The van der Waals surface area contributed by atoms with E-state index < -0.39 is 39.9 Å². The number of hydrogen-bond acceptors (Lipinski definition) is 5. The van der Waals surface area contributed by atoms with Crippen molar-refractivity contribution in [3.05, 3.63) is 32.8 Å². The first-order chi connectivity index (χ1) is 9.57. The van der Waals surface area contributed by atoms with Gasteiger partial charge in [-0.2, -0.15) is 13.2 Å². The molecule has 0 aliphatic heterocycles. The molecule has 0 radical (unpaired) electrons. The van der Waals surface area contributed by atoms with Crippen molar-refractivity contribution >= 4 is 28.9 Å². The second-order valence-electron chi connectivity index (χ2n) is 4.01. The molecule has 0 heterocycles. The van der Waals surface area contributed by atoms with Gasteiger partial charge in [0, 0.05) is 13.1 Å². The maximum Gasteiger partial charge on any atom is 0.416 e. The molecule has 6 nitrogen and oxygen atoms in total. The third-order valence-corrected chi connectivity index (χ3v) is 2.83. The second-order valence-corrected chi connectivity index (χ2v) is 4.42. The van der Waals surface area contributed by atoms with Gasteiger partial charge in [-0.3, -0.25) is 14.9 Å². The van der Waals surface area contributed by atoms with E-state index in [1.165, 1.54) is 7.05 Å². The van der Waals surface area contributed by atoms with E-state index in [2.05, 4.69) is 4.74 Å². The summed E-state index contributed by atoms with van der Waals surface area (Å²) in [5, 5.41) is 10.5. The molecular formula is C11H10ClF3N2O4. The quantitative estimate of drug-likeness (QED) is 0.483. The minimum Gasteiger partial charge on any atom is -0.468 e. The van der Waals surface area contributed by atoms with Crippen LogP contribution in [0, 0.1) is 10.1 Å². The molecule has 0 unspecified atom stereocenters. The van der Waals surface area contributed by atoms with E-state index in [0.717, 1.165) is 12.0 Å². The number of nitro groups is 1. The second kappa shape index (κ2) is 6.17. The minimum absolute atomic E-state index is 0.292. The van der Waals surface area contributed by atoms with E-state index in [9.17, 15) is 28.1 Å². The van der Waals surface area contributed by atoms with E-state index in [-0.39, 0.29) is 5.69 Å². The summed E-state index contributed by atoms with van der Waals surface area (Å²) in [4.78, 5) is 22.2. The van der Waals surface area contributed by atoms with Gasteiger partial charge in [-0.15, -0.1) is 0 Å². The highest BCUT2D eigenvalue weighted by atomic mass is 35.5. The van der Waals surface area contributed by atoms with Crippen LogP contribution in [0.3, 0.4) is 0 Å². The van der Waals surface area contributed by atoms with Gasteiger partial charge in [-0.1, -0.05) is 11.6 Å². The summed E-state index contributed by atoms with van der Waals surface area (Å²) in [6, 6.07) is 0.937. The van der Waals surface area contributed by atoms with Gasteiger partial charge in [0.25, 0.3) is 5.69 Å². The average molecular weight is 327 g/mol. The summed E-state index contributed by atoms with van der Waals surface area (Å²) in [6.45, 7) is -0.400. The fourth-order valence-electron chi connectivity index (χ4n) is 1.60. The number of carbonyl (C=O) groups excluding carboxylic acids is 1.